The number of aromatic nitrogens is 4. The topological polar surface area (TPSA) is 63.4 Å². The summed E-state index contributed by atoms with van der Waals surface area (Å²) in [5, 5.41) is 6.63. The Kier molecular flexibility index (Phi) is 3.94. The Bertz CT molecular complexity index is 1090. The van der Waals surface area contributed by atoms with Crippen molar-refractivity contribution in [2.45, 2.75) is 12.3 Å². The van der Waals surface area contributed by atoms with Crippen molar-refractivity contribution in [3.63, 3.8) is 0 Å². The fraction of sp³-hybridized carbons (Fsp3) is 0.200. The summed E-state index contributed by atoms with van der Waals surface area (Å²) in [5.41, 5.74) is 2.99. The van der Waals surface area contributed by atoms with Gasteiger partial charge in [-0.25, -0.2) is 9.50 Å². The van der Waals surface area contributed by atoms with Gasteiger partial charge in [-0.3, -0.25) is 9.78 Å². The minimum absolute atomic E-state index is 0.108. The van der Waals surface area contributed by atoms with E-state index in [-0.39, 0.29) is 11.8 Å². The molecule has 27 heavy (non-hydrogen) atoms. The van der Waals surface area contributed by atoms with Crippen molar-refractivity contribution in [1.82, 2.24) is 24.5 Å². The zero-order chi connectivity index (χ0) is 18.2. The smallest absolute Gasteiger partial charge is 0.263 e. The summed E-state index contributed by atoms with van der Waals surface area (Å²) in [6, 6.07) is 11.8. The molecule has 0 unspecified atom stereocenters. The van der Waals surface area contributed by atoms with Gasteiger partial charge in [-0.05, 0) is 47.7 Å². The molecule has 0 aliphatic carbocycles. The van der Waals surface area contributed by atoms with E-state index in [0.29, 0.717) is 6.54 Å². The molecule has 6 nitrogen and oxygen atoms in total. The Morgan fingerprint density at radius 1 is 1.11 bits per heavy atom. The number of hydrogen-bond donors (Lipinski definition) is 0. The molecule has 0 bridgehead atoms. The first-order valence-electron chi connectivity index (χ1n) is 8.87. The SMILES string of the molecule is O=C(c1cccs1)N1CC[C@H](c2nc3ccc(-c4ccncc4)cn3n2)C1. The van der Waals surface area contributed by atoms with Gasteiger partial charge in [0.05, 0.1) is 4.88 Å². The highest BCUT2D eigenvalue weighted by atomic mass is 32.1. The average molecular weight is 375 g/mol. The lowest BCUT2D eigenvalue weighted by molar-refractivity contribution is 0.0795. The van der Waals surface area contributed by atoms with Crippen molar-refractivity contribution < 1.29 is 4.79 Å². The first-order valence-corrected chi connectivity index (χ1v) is 9.75. The highest BCUT2D eigenvalue weighted by molar-refractivity contribution is 7.12. The van der Waals surface area contributed by atoms with E-state index < -0.39 is 0 Å². The van der Waals surface area contributed by atoms with Crippen LogP contribution in [0.15, 0.2) is 60.4 Å². The highest BCUT2D eigenvalue weighted by Crippen LogP contribution is 2.28. The van der Waals surface area contributed by atoms with Crippen molar-refractivity contribution in [1.29, 1.82) is 0 Å². The summed E-state index contributed by atoms with van der Waals surface area (Å²) in [6.07, 6.45) is 6.45. The van der Waals surface area contributed by atoms with Crippen LogP contribution in [0.5, 0.6) is 0 Å². The van der Waals surface area contributed by atoms with E-state index in [4.69, 9.17) is 10.1 Å². The number of carbonyl (C=O) groups is 1. The van der Waals surface area contributed by atoms with Gasteiger partial charge in [0.15, 0.2) is 11.5 Å². The molecule has 4 aromatic heterocycles. The predicted octanol–water partition coefficient (Wildman–Crippen LogP) is 3.48. The fourth-order valence-electron chi connectivity index (χ4n) is 3.50. The molecular formula is C20H17N5OS. The van der Waals surface area contributed by atoms with E-state index in [2.05, 4.69) is 4.98 Å². The fourth-order valence-corrected chi connectivity index (χ4v) is 4.19. The van der Waals surface area contributed by atoms with Crippen molar-refractivity contribution in [2.75, 3.05) is 13.1 Å². The molecule has 5 rings (SSSR count). The number of likely N-dealkylation sites (tertiary alicyclic amines) is 1. The molecule has 0 radical (unpaired) electrons. The second-order valence-electron chi connectivity index (χ2n) is 6.64. The molecule has 1 amide bonds. The van der Waals surface area contributed by atoms with Gasteiger partial charge >= 0.3 is 0 Å². The number of thiophene rings is 1. The minimum Gasteiger partial charge on any atom is -0.337 e. The maximum Gasteiger partial charge on any atom is 0.263 e. The maximum absolute atomic E-state index is 12.5. The lowest BCUT2D eigenvalue weighted by Crippen LogP contribution is -2.27. The second kappa shape index (κ2) is 6.59. The van der Waals surface area contributed by atoms with Gasteiger partial charge in [0.25, 0.3) is 5.91 Å². The first-order chi connectivity index (χ1) is 13.3. The van der Waals surface area contributed by atoms with Crippen molar-refractivity contribution in [3.8, 4) is 11.1 Å². The van der Waals surface area contributed by atoms with Crippen LogP contribution in [-0.4, -0.2) is 43.5 Å². The van der Waals surface area contributed by atoms with Crippen molar-refractivity contribution in [2.24, 2.45) is 0 Å². The van der Waals surface area contributed by atoms with Crippen LogP contribution < -0.4 is 0 Å². The molecule has 5 heterocycles. The largest absolute Gasteiger partial charge is 0.337 e. The lowest BCUT2D eigenvalue weighted by atomic mass is 10.1. The standard InChI is InChI=1S/C20H17N5OS/c26-20(17-2-1-11-27-17)24-10-7-16(12-24)19-22-18-4-3-15(13-25(18)23-19)14-5-8-21-9-6-14/h1-6,8-9,11,13,16H,7,10,12H2/t16-/m0/s1. The molecular weight excluding hydrogens is 358 g/mol. The van der Waals surface area contributed by atoms with Crippen molar-refractivity contribution in [3.05, 3.63) is 71.1 Å². The van der Waals surface area contributed by atoms with Crippen LogP contribution in [0.3, 0.4) is 0 Å². The molecule has 0 saturated carbocycles. The monoisotopic (exact) mass is 375 g/mol. The number of amides is 1. The van der Waals surface area contributed by atoms with Gasteiger partial charge in [0, 0.05) is 43.2 Å². The number of nitrogens with zero attached hydrogens (tertiary/aromatic N) is 5. The Labute approximate surface area is 160 Å². The van der Waals surface area contributed by atoms with Gasteiger partial charge < -0.3 is 4.90 Å². The lowest BCUT2D eigenvalue weighted by Gasteiger charge is -2.14. The molecule has 1 saturated heterocycles. The second-order valence-corrected chi connectivity index (χ2v) is 7.59. The van der Waals surface area contributed by atoms with E-state index in [9.17, 15) is 4.79 Å². The molecule has 1 aliphatic rings. The van der Waals surface area contributed by atoms with Crippen LogP contribution >= 0.6 is 11.3 Å². The number of fused-ring (bicyclic) bond motifs is 1. The minimum atomic E-state index is 0.108. The third kappa shape index (κ3) is 3.00. The van der Waals surface area contributed by atoms with E-state index in [1.807, 2.05) is 57.4 Å². The van der Waals surface area contributed by atoms with Crippen LogP contribution in [0, 0.1) is 0 Å². The van der Waals surface area contributed by atoms with Gasteiger partial charge in [0.1, 0.15) is 0 Å². The molecule has 134 valence electrons. The Hall–Kier alpha value is -3.06. The summed E-state index contributed by atoms with van der Waals surface area (Å²) in [6.45, 7) is 1.42. The van der Waals surface area contributed by atoms with Crippen LogP contribution in [0.2, 0.25) is 0 Å². The third-order valence-corrected chi connectivity index (χ3v) is 5.79. The summed E-state index contributed by atoms with van der Waals surface area (Å²) in [7, 11) is 0. The van der Waals surface area contributed by atoms with Crippen LogP contribution in [-0.2, 0) is 0 Å². The number of rotatable bonds is 3. The first kappa shape index (κ1) is 16.1. The summed E-state index contributed by atoms with van der Waals surface area (Å²) < 4.78 is 1.83. The van der Waals surface area contributed by atoms with E-state index >= 15 is 0 Å². The van der Waals surface area contributed by atoms with Crippen LogP contribution in [0.25, 0.3) is 16.8 Å². The van der Waals surface area contributed by atoms with E-state index in [1.165, 1.54) is 11.3 Å². The molecule has 0 aromatic carbocycles. The van der Waals surface area contributed by atoms with Gasteiger partial charge in [-0.15, -0.1) is 11.3 Å². The molecule has 0 N–H and O–H groups in total. The highest BCUT2D eigenvalue weighted by Gasteiger charge is 2.30. The summed E-state index contributed by atoms with van der Waals surface area (Å²) in [5.74, 6) is 1.10. The molecule has 0 spiro atoms. The number of hydrogen-bond acceptors (Lipinski definition) is 5. The molecule has 7 heteroatoms. The Morgan fingerprint density at radius 2 is 2.00 bits per heavy atom. The van der Waals surface area contributed by atoms with E-state index in [0.717, 1.165) is 40.4 Å². The molecule has 1 atom stereocenters. The number of carbonyl (C=O) groups excluding carboxylic acids is 1. The Morgan fingerprint density at radius 3 is 2.81 bits per heavy atom. The van der Waals surface area contributed by atoms with Crippen molar-refractivity contribution >= 4 is 22.9 Å². The molecule has 1 aliphatic heterocycles. The molecule has 4 aromatic rings. The Balaban J connectivity index is 1.39. The van der Waals surface area contributed by atoms with Crippen LogP contribution in [0.1, 0.15) is 27.8 Å². The predicted molar refractivity (Wildman–Crippen MR) is 104 cm³/mol. The zero-order valence-corrected chi connectivity index (χ0v) is 15.3. The quantitative estimate of drug-likeness (QED) is 0.550. The van der Waals surface area contributed by atoms with E-state index in [1.54, 1.807) is 12.4 Å². The number of pyridine rings is 2. The van der Waals surface area contributed by atoms with Gasteiger partial charge in [-0.1, -0.05) is 6.07 Å². The van der Waals surface area contributed by atoms with Gasteiger partial charge in [-0.2, -0.15) is 5.10 Å². The van der Waals surface area contributed by atoms with Gasteiger partial charge in [0.2, 0.25) is 0 Å². The normalized spacial score (nSPS) is 16.9. The third-order valence-electron chi connectivity index (χ3n) is 4.93. The summed E-state index contributed by atoms with van der Waals surface area (Å²) in [4.78, 5) is 24.0. The van der Waals surface area contributed by atoms with Crippen LogP contribution in [0.4, 0.5) is 0 Å². The maximum atomic E-state index is 12.5. The summed E-state index contributed by atoms with van der Waals surface area (Å²) >= 11 is 1.49. The zero-order valence-electron chi connectivity index (χ0n) is 14.5. The molecule has 1 fully saturated rings. The average Bonchev–Trinajstić information content (AvgIpc) is 3.47.